The first-order valence-corrected chi connectivity index (χ1v) is 11.7. The van der Waals surface area contributed by atoms with Gasteiger partial charge in [0.2, 0.25) is 5.91 Å². The predicted molar refractivity (Wildman–Crippen MR) is 131 cm³/mol. The molecule has 1 unspecified atom stereocenters. The van der Waals surface area contributed by atoms with E-state index in [9.17, 15) is 24.5 Å². The molecule has 184 valence electrons. The van der Waals surface area contributed by atoms with Crippen molar-refractivity contribution in [2.24, 2.45) is 5.92 Å². The zero-order chi connectivity index (χ0) is 24.9. The first-order valence-electron chi connectivity index (χ1n) is 11.7. The summed E-state index contributed by atoms with van der Waals surface area (Å²) in [5.74, 6) is -0.907. The fourth-order valence-corrected chi connectivity index (χ4v) is 4.56. The topological polar surface area (TPSA) is 122 Å². The SMILES string of the molecule is CC1CCCN(c2ccc(C(=O)OCC(=O)Nc3cccc(N4CCCC4=O)c3)cc2[N+](=O)[O-])C1. The van der Waals surface area contributed by atoms with Crippen molar-refractivity contribution in [2.75, 3.05) is 41.4 Å². The van der Waals surface area contributed by atoms with E-state index in [-0.39, 0.29) is 17.2 Å². The molecule has 2 aromatic carbocycles. The van der Waals surface area contributed by atoms with Crippen LogP contribution < -0.4 is 15.1 Å². The molecule has 2 fully saturated rings. The second-order valence-electron chi connectivity index (χ2n) is 8.98. The van der Waals surface area contributed by atoms with Gasteiger partial charge in [-0.15, -0.1) is 0 Å². The number of hydrogen-bond acceptors (Lipinski definition) is 7. The Labute approximate surface area is 203 Å². The number of nitrogens with zero attached hydrogens (tertiary/aromatic N) is 3. The van der Waals surface area contributed by atoms with E-state index in [4.69, 9.17) is 4.74 Å². The molecule has 0 spiro atoms. The average Bonchev–Trinajstić information content (AvgIpc) is 3.28. The average molecular weight is 481 g/mol. The molecule has 2 aliphatic heterocycles. The molecule has 0 aliphatic carbocycles. The van der Waals surface area contributed by atoms with Crippen LogP contribution in [-0.4, -0.2) is 48.9 Å². The number of nitro groups is 1. The second-order valence-corrected chi connectivity index (χ2v) is 8.98. The first-order chi connectivity index (χ1) is 16.8. The van der Waals surface area contributed by atoms with Gasteiger partial charge in [0.05, 0.1) is 10.5 Å². The van der Waals surface area contributed by atoms with E-state index in [1.807, 2.05) is 4.90 Å². The van der Waals surface area contributed by atoms with Crippen LogP contribution in [0.1, 0.15) is 43.0 Å². The van der Waals surface area contributed by atoms with Crippen LogP contribution in [0.5, 0.6) is 0 Å². The molecule has 1 atom stereocenters. The van der Waals surface area contributed by atoms with Gasteiger partial charge in [0.15, 0.2) is 6.61 Å². The molecule has 0 radical (unpaired) electrons. The number of nitrogens with one attached hydrogen (secondary N) is 1. The summed E-state index contributed by atoms with van der Waals surface area (Å²) in [6.07, 6.45) is 3.33. The van der Waals surface area contributed by atoms with E-state index < -0.39 is 23.4 Å². The van der Waals surface area contributed by atoms with Crippen LogP contribution in [-0.2, 0) is 14.3 Å². The van der Waals surface area contributed by atoms with Gasteiger partial charge in [0, 0.05) is 43.5 Å². The summed E-state index contributed by atoms with van der Waals surface area (Å²) in [5.41, 5.74) is 1.49. The molecule has 2 aromatic rings. The van der Waals surface area contributed by atoms with Gasteiger partial charge < -0.3 is 19.9 Å². The minimum atomic E-state index is -0.821. The third-order valence-corrected chi connectivity index (χ3v) is 6.25. The van der Waals surface area contributed by atoms with Crippen LogP contribution >= 0.6 is 0 Å². The summed E-state index contributed by atoms with van der Waals surface area (Å²) in [4.78, 5) is 51.6. The van der Waals surface area contributed by atoms with E-state index in [2.05, 4.69) is 12.2 Å². The van der Waals surface area contributed by atoms with Gasteiger partial charge >= 0.3 is 5.97 Å². The molecule has 0 bridgehead atoms. The number of rotatable bonds is 7. The lowest BCUT2D eigenvalue weighted by atomic mass is 9.99. The summed E-state index contributed by atoms with van der Waals surface area (Å²) >= 11 is 0. The van der Waals surface area contributed by atoms with Crippen LogP contribution in [0.2, 0.25) is 0 Å². The van der Waals surface area contributed by atoms with Crippen molar-refractivity contribution in [1.82, 2.24) is 0 Å². The highest BCUT2D eigenvalue weighted by atomic mass is 16.6. The van der Waals surface area contributed by atoms with Gasteiger partial charge in [-0.1, -0.05) is 13.0 Å². The normalized spacial score (nSPS) is 17.9. The molecular weight excluding hydrogens is 452 g/mol. The van der Waals surface area contributed by atoms with E-state index in [1.54, 1.807) is 35.2 Å². The van der Waals surface area contributed by atoms with Crippen molar-refractivity contribution >= 4 is 40.5 Å². The second kappa shape index (κ2) is 10.5. The monoisotopic (exact) mass is 480 g/mol. The third-order valence-electron chi connectivity index (χ3n) is 6.25. The van der Waals surface area contributed by atoms with Crippen LogP contribution in [0.15, 0.2) is 42.5 Å². The molecule has 10 nitrogen and oxygen atoms in total. The Morgan fingerprint density at radius 1 is 1.17 bits per heavy atom. The number of benzene rings is 2. The minimum absolute atomic E-state index is 0.00727. The van der Waals surface area contributed by atoms with Crippen molar-refractivity contribution in [1.29, 1.82) is 0 Å². The van der Waals surface area contributed by atoms with Crippen LogP contribution in [0.3, 0.4) is 0 Å². The number of piperidine rings is 1. The van der Waals surface area contributed by atoms with E-state index in [0.29, 0.717) is 35.9 Å². The van der Waals surface area contributed by atoms with Crippen molar-refractivity contribution in [3.8, 4) is 0 Å². The van der Waals surface area contributed by atoms with E-state index in [0.717, 1.165) is 32.4 Å². The Morgan fingerprint density at radius 2 is 2.00 bits per heavy atom. The quantitative estimate of drug-likeness (QED) is 0.364. The molecule has 10 heteroatoms. The summed E-state index contributed by atoms with van der Waals surface area (Å²) in [7, 11) is 0. The third kappa shape index (κ3) is 5.76. The maximum atomic E-state index is 12.5. The molecular formula is C25H28N4O6. The maximum Gasteiger partial charge on any atom is 0.338 e. The van der Waals surface area contributed by atoms with Gasteiger partial charge in [0.25, 0.3) is 11.6 Å². The summed E-state index contributed by atoms with van der Waals surface area (Å²) < 4.78 is 5.09. The van der Waals surface area contributed by atoms with Crippen LogP contribution in [0.25, 0.3) is 0 Å². The predicted octanol–water partition coefficient (Wildman–Crippen LogP) is 3.75. The molecule has 2 amide bonds. The molecule has 2 heterocycles. The van der Waals surface area contributed by atoms with Crippen molar-refractivity contribution in [3.63, 3.8) is 0 Å². The molecule has 4 rings (SSSR count). The molecule has 0 aromatic heterocycles. The number of hydrogen-bond donors (Lipinski definition) is 1. The zero-order valence-corrected chi connectivity index (χ0v) is 19.6. The van der Waals surface area contributed by atoms with E-state index >= 15 is 0 Å². The molecule has 0 saturated carbocycles. The van der Waals surface area contributed by atoms with Crippen LogP contribution in [0.4, 0.5) is 22.7 Å². The highest BCUT2D eigenvalue weighted by Crippen LogP contribution is 2.32. The highest BCUT2D eigenvalue weighted by molar-refractivity contribution is 5.98. The summed E-state index contributed by atoms with van der Waals surface area (Å²) in [5, 5.41) is 14.3. The lowest BCUT2D eigenvalue weighted by Gasteiger charge is -2.32. The number of ether oxygens (including phenoxy) is 1. The Bertz CT molecular complexity index is 1150. The summed E-state index contributed by atoms with van der Waals surface area (Å²) in [6, 6.07) is 11.1. The molecule has 2 aliphatic rings. The maximum absolute atomic E-state index is 12.5. The van der Waals surface area contributed by atoms with Gasteiger partial charge in [-0.3, -0.25) is 19.7 Å². The summed E-state index contributed by atoms with van der Waals surface area (Å²) in [6.45, 7) is 3.64. The number of nitro benzene ring substituents is 1. The van der Waals surface area contributed by atoms with Gasteiger partial charge in [-0.2, -0.15) is 0 Å². The number of carbonyl (C=O) groups is 3. The molecule has 2 saturated heterocycles. The van der Waals surface area contributed by atoms with Gasteiger partial charge in [0.1, 0.15) is 5.69 Å². The Balaban J connectivity index is 1.37. The Hall–Kier alpha value is -3.95. The van der Waals surface area contributed by atoms with Crippen molar-refractivity contribution in [2.45, 2.75) is 32.6 Å². The number of carbonyl (C=O) groups excluding carboxylic acids is 3. The highest BCUT2D eigenvalue weighted by Gasteiger charge is 2.26. The van der Waals surface area contributed by atoms with Gasteiger partial charge in [-0.25, -0.2) is 4.79 Å². The van der Waals surface area contributed by atoms with Crippen molar-refractivity contribution < 1.29 is 24.0 Å². The standard InChI is InChI=1S/C25H28N4O6/c1-17-5-3-11-27(15-17)21-10-9-18(13-22(21)29(33)34)25(32)35-16-23(30)26-19-6-2-7-20(14-19)28-12-4-8-24(28)31/h2,6-7,9-10,13-14,17H,3-5,8,11-12,15-16H2,1H3,(H,26,30). The fraction of sp³-hybridized carbons (Fsp3) is 0.400. The van der Waals surface area contributed by atoms with Gasteiger partial charge in [-0.05, 0) is 55.5 Å². The smallest absolute Gasteiger partial charge is 0.338 e. The number of anilines is 3. The first kappa shape index (κ1) is 24.2. The zero-order valence-electron chi connectivity index (χ0n) is 19.6. The molecule has 35 heavy (non-hydrogen) atoms. The Morgan fingerprint density at radius 3 is 2.71 bits per heavy atom. The lowest BCUT2D eigenvalue weighted by molar-refractivity contribution is -0.384. The largest absolute Gasteiger partial charge is 0.452 e. The van der Waals surface area contributed by atoms with E-state index in [1.165, 1.54) is 12.1 Å². The number of amides is 2. The van der Waals surface area contributed by atoms with Crippen molar-refractivity contribution in [3.05, 3.63) is 58.1 Å². The lowest BCUT2D eigenvalue weighted by Crippen LogP contribution is -2.34. The molecule has 1 N–H and O–H groups in total. The van der Waals surface area contributed by atoms with Crippen LogP contribution in [0, 0.1) is 16.0 Å². The Kier molecular flexibility index (Phi) is 7.28. The number of esters is 1. The minimum Gasteiger partial charge on any atom is -0.452 e. The fourth-order valence-electron chi connectivity index (χ4n) is 4.56.